The zero-order valence-electron chi connectivity index (χ0n) is 10.8. The van der Waals surface area contributed by atoms with Crippen LogP contribution in [0.1, 0.15) is 12.8 Å². The lowest BCUT2D eigenvalue weighted by Gasteiger charge is -2.29. The van der Waals surface area contributed by atoms with Gasteiger partial charge < -0.3 is 15.0 Å². The topological polar surface area (TPSA) is 108 Å². The van der Waals surface area contributed by atoms with Crippen molar-refractivity contribution in [1.82, 2.24) is 9.88 Å². The van der Waals surface area contributed by atoms with Crippen LogP contribution in [0.25, 0.3) is 0 Å². The van der Waals surface area contributed by atoms with Crippen molar-refractivity contribution in [2.24, 2.45) is 5.92 Å². The largest absolute Gasteiger partial charge is 0.465 e. The fourth-order valence-corrected chi connectivity index (χ4v) is 3.95. The van der Waals surface area contributed by atoms with E-state index in [9.17, 15) is 18.0 Å². The summed E-state index contributed by atoms with van der Waals surface area (Å²) in [6, 6.07) is 2.47. The molecule has 8 heteroatoms. The van der Waals surface area contributed by atoms with E-state index in [0.29, 0.717) is 25.9 Å². The lowest BCUT2D eigenvalue weighted by molar-refractivity contribution is 0.127. The molecule has 2 rings (SSSR count). The predicted octanol–water partition coefficient (Wildman–Crippen LogP) is 0.539. The lowest BCUT2D eigenvalue weighted by atomic mass is 9.99. The van der Waals surface area contributed by atoms with Crippen LogP contribution in [0.15, 0.2) is 28.0 Å². The Morgan fingerprint density at radius 3 is 2.50 bits per heavy atom. The number of sulfone groups is 1. The number of nitrogens with zero attached hydrogens (tertiary/aromatic N) is 1. The average Bonchev–Trinajstić information content (AvgIpc) is 2.39. The van der Waals surface area contributed by atoms with Crippen molar-refractivity contribution in [3.05, 3.63) is 28.7 Å². The van der Waals surface area contributed by atoms with E-state index in [1.807, 2.05) is 0 Å². The Morgan fingerprint density at radius 2 is 2.00 bits per heavy atom. The fourth-order valence-electron chi connectivity index (χ4n) is 2.29. The first-order chi connectivity index (χ1) is 9.38. The van der Waals surface area contributed by atoms with Gasteiger partial charge in [0.2, 0.25) is 5.56 Å². The van der Waals surface area contributed by atoms with Crippen LogP contribution in [-0.4, -0.2) is 48.3 Å². The molecular weight excluding hydrogens is 284 g/mol. The highest BCUT2D eigenvalue weighted by Crippen LogP contribution is 2.22. The first kappa shape index (κ1) is 14.6. The number of carboxylic acid groups (broad SMARTS) is 1. The van der Waals surface area contributed by atoms with Crippen LogP contribution in [0.2, 0.25) is 0 Å². The minimum Gasteiger partial charge on any atom is -0.465 e. The molecule has 7 nitrogen and oxygen atoms in total. The summed E-state index contributed by atoms with van der Waals surface area (Å²) < 4.78 is 24.4. The molecule has 2 heterocycles. The lowest BCUT2D eigenvalue weighted by Crippen LogP contribution is -2.39. The van der Waals surface area contributed by atoms with Crippen molar-refractivity contribution in [2.75, 3.05) is 18.8 Å². The summed E-state index contributed by atoms with van der Waals surface area (Å²) >= 11 is 0. The number of hydrogen-bond donors (Lipinski definition) is 2. The molecule has 1 amide bonds. The number of aromatic amines is 1. The Labute approximate surface area is 116 Å². The molecule has 2 N–H and O–H groups in total. The molecule has 1 saturated heterocycles. The Kier molecular flexibility index (Phi) is 4.12. The summed E-state index contributed by atoms with van der Waals surface area (Å²) in [5.41, 5.74) is -0.348. The highest BCUT2D eigenvalue weighted by Gasteiger charge is 2.27. The van der Waals surface area contributed by atoms with Gasteiger partial charge >= 0.3 is 6.09 Å². The van der Waals surface area contributed by atoms with Gasteiger partial charge in [-0.05, 0) is 24.8 Å². The number of pyridine rings is 1. The molecule has 0 spiro atoms. The highest BCUT2D eigenvalue weighted by molar-refractivity contribution is 7.91. The number of H-pyrrole nitrogens is 1. The van der Waals surface area contributed by atoms with E-state index in [-0.39, 0.29) is 22.1 Å². The molecular formula is C12H16N2O5S. The zero-order valence-corrected chi connectivity index (χ0v) is 11.6. The molecule has 0 bridgehead atoms. The van der Waals surface area contributed by atoms with Crippen LogP contribution in [-0.2, 0) is 9.84 Å². The van der Waals surface area contributed by atoms with Gasteiger partial charge in [0.05, 0.1) is 10.6 Å². The number of carbonyl (C=O) groups is 1. The summed E-state index contributed by atoms with van der Waals surface area (Å²) in [5.74, 6) is -0.0745. The van der Waals surface area contributed by atoms with Crippen LogP contribution in [0.5, 0.6) is 0 Å². The van der Waals surface area contributed by atoms with E-state index in [2.05, 4.69) is 4.98 Å². The van der Waals surface area contributed by atoms with E-state index in [1.54, 1.807) is 0 Å². The average molecular weight is 300 g/mol. The first-order valence-electron chi connectivity index (χ1n) is 6.28. The fraction of sp³-hybridized carbons (Fsp3) is 0.500. The van der Waals surface area contributed by atoms with E-state index < -0.39 is 15.9 Å². The standard InChI is InChI=1S/C12H16N2O5S/c15-11-2-1-10(7-13-11)20(18,19)8-9-3-5-14(6-4-9)12(16)17/h1-2,7,9H,3-6,8H2,(H,13,15)(H,16,17). The molecule has 0 aliphatic carbocycles. The second kappa shape index (κ2) is 5.66. The molecule has 0 radical (unpaired) electrons. The third-order valence-corrected chi connectivity index (χ3v) is 5.34. The smallest absolute Gasteiger partial charge is 0.407 e. The van der Waals surface area contributed by atoms with E-state index in [4.69, 9.17) is 5.11 Å². The number of nitrogens with one attached hydrogen (secondary N) is 1. The quantitative estimate of drug-likeness (QED) is 0.847. The van der Waals surface area contributed by atoms with Crippen molar-refractivity contribution < 1.29 is 18.3 Å². The van der Waals surface area contributed by atoms with E-state index in [0.717, 1.165) is 0 Å². The van der Waals surface area contributed by atoms with Crippen LogP contribution in [0.3, 0.4) is 0 Å². The first-order valence-corrected chi connectivity index (χ1v) is 7.93. The summed E-state index contributed by atoms with van der Waals surface area (Å²) in [4.78, 5) is 25.4. The van der Waals surface area contributed by atoms with Gasteiger partial charge in [-0.25, -0.2) is 13.2 Å². The maximum atomic E-state index is 12.2. The molecule has 0 aromatic carbocycles. The molecule has 1 fully saturated rings. The summed E-state index contributed by atoms with van der Waals surface area (Å²) in [6.07, 6.45) is 1.31. The maximum Gasteiger partial charge on any atom is 0.407 e. The molecule has 0 atom stereocenters. The molecule has 1 aliphatic heterocycles. The summed E-state index contributed by atoms with van der Waals surface area (Å²) in [6.45, 7) is 0.724. The van der Waals surface area contributed by atoms with Crippen molar-refractivity contribution in [3.8, 4) is 0 Å². The minimum absolute atomic E-state index is 0.0213. The van der Waals surface area contributed by atoms with Crippen LogP contribution >= 0.6 is 0 Å². The van der Waals surface area contributed by atoms with Gasteiger partial charge in [-0.15, -0.1) is 0 Å². The van der Waals surface area contributed by atoms with Crippen molar-refractivity contribution in [3.63, 3.8) is 0 Å². The third kappa shape index (κ3) is 3.38. The minimum atomic E-state index is -3.45. The number of amides is 1. The van der Waals surface area contributed by atoms with Gasteiger partial charge in [-0.3, -0.25) is 4.79 Å². The predicted molar refractivity (Wildman–Crippen MR) is 71.4 cm³/mol. The maximum absolute atomic E-state index is 12.2. The number of hydrogen-bond acceptors (Lipinski definition) is 4. The van der Waals surface area contributed by atoms with Crippen LogP contribution in [0, 0.1) is 5.92 Å². The number of aromatic nitrogens is 1. The highest BCUT2D eigenvalue weighted by atomic mass is 32.2. The van der Waals surface area contributed by atoms with Crippen molar-refractivity contribution in [2.45, 2.75) is 17.7 Å². The van der Waals surface area contributed by atoms with Gasteiger partial charge in [0.25, 0.3) is 0 Å². The molecule has 0 saturated carbocycles. The van der Waals surface area contributed by atoms with Gasteiger partial charge in [0.15, 0.2) is 9.84 Å². The monoisotopic (exact) mass is 300 g/mol. The van der Waals surface area contributed by atoms with Gasteiger partial charge in [-0.2, -0.15) is 0 Å². The van der Waals surface area contributed by atoms with Gasteiger partial charge in [0, 0.05) is 25.4 Å². The molecule has 1 aromatic rings. The number of rotatable bonds is 3. The Morgan fingerprint density at radius 1 is 1.35 bits per heavy atom. The van der Waals surface area contributed by atoms with Crippen molar-refractivity contribution >= 4 is 15.9 Å². The third-order valence-electron chi connectivity index (χ3n) is 3.45. The second-order valence-electron chi connectivity index (χ2n) is 4.88. The van der Waals surface area contributed by atoms with E-state index in [1.165, 1.54) is 23.2 Å². The zero-order chi connectivity index (χ0) is 14.8. The molecule has 1 aromatic heterocycles. The molecule has 0 unspecified atom stereocenters. The SMILES string of the molecule is O=C(O)N1CCC(CS(=O)(=O)c2ccc(=O)[nH]c2)CC1. The Bertz CT molecular complexity index is 624. The van der Waals surface area contributed by atoms with Gasteiger partial charge in [-0.1, -0.05) is 0 Å². The Balaban J connectivity index is 2.01. The number of likely N-dealkylation sites (tertiary alicyclic amines) is 1. The Hall–Kier alpha value is -1.83. The molecule has 110 valence electrons. The molecule has 20 heavy (non-hydrogen) atoms. The normalized spacial score (nSPS) is 17.1. The van der Waals surface area contributed by atoms with E-state index >= 15 is 0 Å². The second-order valence-corrected chi connectivity index (χ2v) is 6.92. The number of piperidine rings is 1. The van der Waals surface area contributed by atoms with Crippen LogP contribution < -0.4 is 5.56 Å². The van der Waals surface area contributed by atoms with Crippen molar-refractivity contribution in [1.29, 1.82) is 0 Å². The summed E-state index contributed by atoms with van der Waals surface area (Å²) in [7, 11) is -3.45. The summed E-state index contributed by atoms with van der Waals surface area (Å²) in [5, 5.41) is 8.84. The van der Waals surface area contributed by atoms with Gasteiger partial charge in [0.1, 0.15) is 0 Å². The molecule has 1 aliphatic rings. The van der Waals surface area contributed by atoms with Crippen LogP contribution in [0.4, 0.5) is 4.79 Å².